The van der Waals surface area contributed by atoms with Crippen molar-refractivity contribution in [3.8, 4) is 0 Å². The molecule has 1 N–H and O–H groups in total. The maximum absolute atomic E-state index is 4.56. The molecule has 2 nitrogen and oxygen atoms in total. The maximum atomic E-state index is 4.56. The second-order valence-electron chi connectivity index (χ2n) is 4.59. The summed E-state index contributed by atoms with van der Waals surface area (Å²) in [5.41, 5.74) is 3.49. The van der Waals surface area contributed by atoms with Gasteiger partial charge in [-0.25, -0.2) is 4.98 Å². The van der Waals surface area contributed by atoms with E-state index in [1.807, 2.05) is 11.8 Å². The number of nitrogens with zero attached hydrogens (tertiary/aromatic N) is 1. The lowest BCUT2D eigenvalue weighted by Crippen LogP contribution is -1.89. The highest BCUT2D eigenvalue weighted by Crippen LogP contribution is 2.21. The highest BCUT2D eigenvalue weighted by Gasteiger charge is 2.03. The van der Waals surface area contributed by atoms with E-state index in [4.69, 9.17) is 0 Å². The summed E-state index contributed by atoms with van der Waals surface area (Å²) in [6, 6.07) is 6.33. The van der Waals surface area contributed by atoms with Crippen molar-refractivity contribution in [2.75, 3.05) is 5.75 Å². The van der Waals surface area contributed by atoms with E-state index in [1.165, 1.54) is 12.0 Å². The summed E-state index contributed by atoms with van der Waals surface area (Å²) in [7, 11) is 0. The molecule has 86 valence electrons. The van der Waals surface area contributed by atoms with Crippen molar-refractivity contribution in [1.82, 2.24) is 9.97 Å². The second-order valence-corrected chi connectivity index (χ2v) is 5.68. The van der Waals surface area contributed by atoms with Crippen LogP contribution in [-0.4, -0.2) is 15.7 Å². The summed E-state index contributed by atoms with van der Waals surface area (Å²) in [6.07, 6.45) is 1.24. The van der Waals surface area contributed by atoms with Crippen molar-refractivity contribution in [2.24, 2.45) is 5.92 Å². The molecule has 1 aromatic heterocycles. The molecule has 0 spiro atoms. The molecule has 0 aliphatic rings. The van der Waals surface area contributed by atoms with Crippen LogP contribution in [0.25, 0.3) is 11.0 Å². The molecule has 0 bridgehead atoms. The van der Waals surface area contributed by atoms with Gasteiger partial charge in [-0.1, -0.05) is 31.7 Å². The molecule has 0 fully saturated rings. The van der Waals surface area contributed by atoms with E-state index in [0.29, 0.717) is 0 Å². The molecule has 0 radical (unpaired) electrons. The number of fused-ring (bicyclic) bond motifs is 1. The normalized spacial score (nSPS) is 11.5. The fraction of sp³-hybridized carbons (Fsp3) is 0.462. The van der Waals surface area contributed by atoms with E-state index < -0.39 is 0 Å². The number of aromatic amines is 1. The first kappa shape index (κ1) is 11.5. The van der Waals surface area contributed by atoms with E-state index in [-0.39, 0.29) is 0 Å². The molecule has 16 heavy (non-hydrogen) atoms. The Morgan fingerprint density at radius 1 is 1.38 bits per heavy atom. The predicted octanol–water partition coefficient (Wildman–Crippen LogP) is 4.01. The van der Waals surface area contributed by atoms with E-state index in [9.17, 15) is 0 Å². The summed E-state index contributed by atoms with van der Waals surface area (Å²) >= 11 is 1.81. The molecule has 2 aromatic rings. The molecule has 0 atom stereocenters. The molecule has 3 heteroatoms. The Morgan fingerprint density at radius 2 is 2.19 bits per heavy atom. The number of rotatable bonds is 4. The Hall–Kier alpha value is -0.960. The van der Waals surface area contributed by atoms with Gasteiger partial charge in [-0.05, 0) is 37.0 Å². The monoisotopic (exact) mass is 234 g/mol. The zero-order chi connectivity index (χ0) is 11.5. The van der Waals surface area contributed by atoms with Gasteiger partial charge in [0.25, 0.3) is 0 Å². The molecule has 0 aliphatic carbocycles. The Kier molecular flexibility index (Phi) is 3.54. The Bertz CT molecular complexity index is 474. The predicted molar refractivity (Wildman–Crippen MR) is 71.0 cm³/mol. The van der Waals surface area contributed by atoms with Crippen LogP contribution in [0.4, 0.5) is 0 Å². The minimum absolute atomic E-state index is 0.763. The van der Waals surface area contributed by atoms with Crippen LogP contribution >= 0.6 is 11.8 Å². The van der Waals surface area contributed by atoms with Gasteiger partial charge in [0.2, 0.25) is 0 Å². The van der Waals surface area contributed by atoms with Crippen LogP contribution in [0.5, 0.6) is 0 Å². The zero-order valence-electron chi connectivity index (χ0n) is 10.1. The first-order chi connectivity index (χ1) is 7.65. The largest absolute Gasteiger partial charge is 0.333 e. The summed E-state index contributed by atoms with van der Waals surface area (Å²) < 4.78 is 0. The first-order valence-corrected chi connectivity index (χ1v) is 6.73. The van der Waals surface area contributed by atoms with Crippen molar-refractivity contribution in [2.45, 2.75) is 32.3 Å². The third-order valence-electron chi connectivity index (χ3n) is 2.55. The second kappa shape index (κ2) is 4.91. The first-order valence-electron chi connectivity index (χ1n) is 5.74. The zero-order valence-corrected chi connectivity index (χ0v) is 10.9. The molecule has 1 aromatic carbocycles. The number of aromatic nitrogens is 2. The van der Waals surface area contributed by atoms with Crippen LogP contribution in [0.1, 0.15) is 25.8 Å². The Morgan fingerprint density at radius 3 is 2.94 bits per heavy atom. The number of benzene rings is 1. The van der Waals surface area contributed by atoms with Crippen molar-refractivity contribution in [1.29, 1.82) is 0 Å². The van der Waals surface area contributed by atoms with Gasteiger partial charge in [0.15, 0.2) is 5.16 Å². The van der Waals surface area contributed by atoms with Gasteiger partial charge >= 0.3 is 0 Å². The van der Waals surface area contributed by atoms with E-state index >= 15 is 0 Å². The van der Waals surface area contributed by atoms with Gasteiger partial charge in [-0.15, -0.1) is 0 Å². The highest BCUT2D eigenvalue weighted by atomic mass is 32.2. The quantitative estimate of drug-likeness (QED) is 0.810. The average molecular weight is 234 g/mol. The lowest BCUT2D eigenvalue weighted by atomic mass is 10.2. The Labute approximate surface area is 101 Å². The van der Waals surface area contributed by atoms with Crippen LogP contribution in [0, 0.1) is 12.8 Å². The molecule has 0 saturated heterocycles. The average Bonchev–Trinajstić information content (AvgIpc) is 2.58. The summed E-state index contributed by atoms with van der Waals surface area (Å²) in [6.45, 7) is 6.61. The van der Waals surface area contributed by atoms with Gasteiger partial charge in [-0.2, -0.15) is 0 Å². The molecule has 0 aliphatic heterocycles. The third-order valence-corrected chi connectivity index (χ3v) is 3.46. The topological polar surface area (TPSA) is 28.7 Å². The molecule has 2 rings (SSSR count). The number of thioether (sulfide) groups is 1. The SMILES string of the molecule is Cc1ccc2nc(SCCC(C)C)[nH]c2c1. The van der Waals surface area contributed by atoms with Crippen molar-refractivity contribution >= 4 is 22.8 Å². The van der Waals surface area contributed by atoms with E-state index in [1.54, 1.807) is 0 Å². The van der Waals surface area contributed by atoms with Crippen LogP contribution in [-0.2, 0) is 0 Å². The van der Waals surface area contributed by atoms with Gasteiger partial charge < -0.3 is 4.98 Å². The lowest BCUT2D eigenvalue weighted by molar-refractivity contribution is 0.631. The summed E-state index contributed by atoms with van der Waals surface area (Å²) in [5.74, 6) is 1.90. The summed E-state index contributed by atoms with van der Waals surface area (Å²) in [5, 5.41) is 1.04. The minimum Gasteiger partial charge on any atom is -0.333 e. The Balaban J connectivity index is 2.08. The standard InChI is InChI=1S/C13H18N2S/c1-9(2)6-7-16-13-14-11-5-4-10(3)8-12(11)15-13/h4-5,8-9H,6-7H2,1-3H3,(H,14,15). The van der Waals surface area contributed by atoms with Crippen molar-refractivity contribution in [3.63, 3.8) is 0 Å². The number of hydrogen-bond donors (Lipinski definition) is 1. The highest BCUT2D eigenvalue weighted by molar-refractivity contribution is 7.99. The van der Waals surface area contributed by atoms with Gasteiger partial charge in [0.05, 0.1) is 11.0 Å². The molecule has 0 amide bonds. The van der Waals surface area contributed by atoms with Gasteiger partial charge in [-0.3, -0.25) is 0 Å². The third kappa shape index (κ3) is 2.79. The van der Waals surface area contributed by atoms with Crippen LogP contribution < -0.4 is 0 Å². The van der Waals surface area contributed by atoms with E-state index in [2.05, 4.69) is 48.9 Å². The van der Waals surface area contributed by atoms with Crippen LogP contribution in [0.15, 0.2) is 23.4 Å². The molecule has 0 unspecified atom stereocenters. The minimum atomic E-state index is 0.763. The van der Waals surface area contributed by atoms with Gasteiger partial charge in [0.1, 0.15) is 0 Å². The number of aryl methyl sites for hydroxylation is 1. The fourth-order valence-electron chi connectivity index (χ4n) is 1.56. The maximum Gasteiger partial charge on any atom is 0.166 e. The molecule has 0 saturated carbocycles. The number of H-pyrrole nitrogens is 1. The van der Waals surface area contributed by atoms with Gasteiger partial charge in [0, 0.05) is 5.75 Å². The van der Waals surface area contributed by atoms with Crippen LogP contribution in [0.3, 0.4) is 0 Å². The molecular weight excluding hydrogens is 216 g/mol. The van der Waals surface area contributed by atoms with Crippen molar-refractivity contribution in [3.05, 3.63) is 23.8 Å². The lowest BCUT2D eigenvalue weighted by Gasteiger charge is -2.01. The number of hydrogen-bond acceptors (Lipinski definition) is 2. The molecular formula is C13H18N2S. The van der Waals surface area contributed by atoms with Crippen molar-refractivity contribution < 1.29 is 0 Å². The van der Waals surface area contributed by atoms with Crippen LogP contribution in [0.2, 0.25) is 0 Å². The smallest absolute Gasteiger partial charge is 0.166 e. The summed E-state index contributed by atoms with van der Waals surface area (Å²) in [4.78, 5) is 7.92. The number of imidazole rings is 1. The van der Waals surface area contributed by atoms with E-state index in [0.717, 1.165) is 27.9 Å². The number of nitrogens with one attached hydrogen (secondary N) is 1. The molecule has 1 heterocycles. The fourth-order valence-corrected chi connectivity index (χ4v) is 2.69.